The molecule has 0 saturated heterocycles. The van der Waals surface area contributed by atoms with Gasteiger partial charge in [0.15, 0.2) is 5.95 Å². The summed E-state index contributed by atoms with van der Waals surface area (Å²) in [4.78, 5) is 17.2. The van der Waals surface area contributed by atoms with Gasteiger partial charge in [0.2, 0.25) is 0 Å². The molecular weight excluding hydrogens is 187 g/mol. The Labute approximate surface area is 77.9 Å². The van der Waals surface area contributed by atoms with Crippen LogP contribution in [-0.2, 0) is 0 Å². The average molecular weight is 194 g/mol. The molecule has 72 valence electrons. The second kappa shape index (κ2) is 2.99. The van der Waals surface area contributed by atoms with Crippen LogP contribution in [0.25, 0.3) is 11.0 Å². The lowest BCUT2D eigenvalue weighted by molar-refractivity contribution is 0.594. The van der Waals surface area contributed by atoms with E-state index < -0.39 is 11.6 Å². The minimum Gasteiger partial charge on any atom is -0.316 e. The molecule has 2 N–H and O–H groups in total. The second-order valence-corrected chi connectivity index (χ2v) is 2.65. The van der Waals surface area contributed by atoms with E-state index in [4.69, 9.17) is 0 Å². The van der Waals surface area contributed by atoms with Crippen molar-refractivity contribution in [1.29, 1.82) is 0 Å². The predicted molar refractivity (Wildman–Crippen MR) is 49.9 cm³/mol. The van der Waals surface area contributed by atoms with E-state index in [0.29, 0.717) is 5.39 Å². The number of aromatic amines is 1. The zero-order chi connectivity index (χ0) is 10.1. The molecule has 0 aliphatic rings. The van der Waals surface area contributed by atoms with Crippen molar-refractivity contribution < 1.29 is 4.39 Å². The van der Waals surface area contributed by atoms with Gasteiger partial charge in [-0.15, -0.1) is 0 Å². The molecule has 0 fully saturated rings. The van der Waals surface area contributed by atoms with Crippen LogP contribution >= 0.6 is 0 Å². The van der Waals surface area contributed by atoms with E-state index in [2.05, 4.69) is 22.0 Å². The van der Waals surface area contributed by atoms with E-state index >= 15 is 0 Å². The maximum Gasteiger partial charge on any atom is 0.368 e. The number of rotatable bonds is 2. The molecule has 14 heavy (non-hydrogen) atoms. The first-order valence-electron chi connectivity index (χ1n) is 3.86. The van der Waals surface area contributed by atoms with Gasteiger partial charge in [-0.3, -0.25) is 5.43 Å². The van der Waals surface area contributed by atoms with Crippen LogP contribution in [0.15, 0.2) is 29.8 Å². The summed E-state index contributed by atoms with van der Waals surface area (Å²) in [6.07, 6.45) is 2.77. The number of H-pyrrole nitrogens is 1. The molecule has 0 aliphatic carbocycles. The van der Waals surface area contributed by atoms with E-state index in [1.807, 2.05) is 0 Å². The van der Waals surface area contributed by atoms with Crippen LogP contribution in [-0.4, -0.2) is 14.6 Å². The molecular formula is C8H7FN4O. The van der Waals surface area contributed by atoms with Crippen molar-refractivity contribution in [2.24, 2.45) is 0 Å². The smallest absolute Gasteiger partial charge is 0.316 e. The normalized spacial score (nSPS) is 10.4. The number of aromatic nitrogens is 3. The van der Waals surface area contributed by atoms with E-state index in [1.54, 1.807) is 0 Å². The fraction of sp³-hybridized carbons (Fsp3) is 0. The Bertz CT molecular complexity index is 542. The monoisotopic (exact) mass is 194 g/mol. The van der Waals surface area contributed by atoms with Crippen LogP contribution in [0, 0.1) is 5.95 Å². The van der Waals surface area contributed by atoms with Gasteiger partial charge in [-0.25, -0.2) is 9.47 Å². The van der Waals surface area contributed by atoms with Gasteiger partial charge in [-0.1, -0.05) is 6.58 Å². The number of halogens is 1. The Kier molecular flexibility index (Phi) is 1.81. The van der Waals surface area contributed by atoms with Gasteiger partial charge < -0.3 is 4.98 Å². The summed E-state index contributed by atoms with van der Waals surface area (Å²) in [6.45, 7) is 3.40. The summed E-state index contributed by atoms with van der Waals surface area (Å²) >= 11 is 0. The standard InChI is InChI=1S/C8H7FN4O/c1-2-10-13-4-5-3-6(9)11-7(5)12-8(13)14/h2-4,10H,1H2,(H,11,12,14). The van der Waals surface area contributed by atoms with Crippen molar-refractivity contribution in [3.8, 4) is 0 Å². The van der Waals surface area contributed by atoms with Crippen molar-refractivity contribution in [1.82, 2.24) is 14.6 Å². The van der Waals surface area contributed by atoms with Crippen LogP contribution in [0.5, 0.6) is 0 Å². The van der Waals surface area contributed by atoms with Gasteiger partial charge in [0.05, 0.1) is 0 Å². The van der Waals surface area contributed by atoms with E-state index in [0.717, 1.165) is 4.68 Å². The number of nitrogens with zero attached hydrogens (tertiary/aromatic N) is 2. The van der Waals surface area contributed by atoms with Crippen molar-refractivity contribution in [3.05, 3.63) is 41.5 Å². The third-order valence-electron chi connectivity index (χ3n) is 1.71. The van der Waals surface area contributed by atoms with Crippen LogP contribution in [0.1, 0.15) is 0 Å². The van der Waals surface area contributed by atoms with Gasteiger partial charge in [0.1, 0.15) is 5.65 Å². The molecule has 5 nitrogen and oxygen atoms in total. The molecule has 0 atom stereocenters. The topological polar surface area (TPSA) is 62.7 Å². The first kappa shape index (κ1) is 8.49. The number of hydrogen-bond donors (Lipinski definition) is 2. The lowest BCUT2D eigenvalue weighted by atomic mass is 10.4. The summed E-state index contributed by atoms with van der Waals surface area (Å²) in [7, 11) is 0. The minimum atomic E-state index is -0.528. The van der Waals surface area contributed by atoms with Gasteiger partial charge in [0, 0.05) is 23.8 Å². The van der Waals surface area contributed by atoms with E-state index in [9.17, 15) is 9.18 Å². The first-order chi connectivity index (χ1) is 6.70. The summed E-state index contributed by atoms with van der Waals surface area (Å²) in [6, 6.07) is 1.25. The van der Waals surface area contributed by atoms with Crippen LogP contribution in [0.3, 0.4) is 0 Å². The van der Waals surface area contributed by atoms with Gasteiger partial charge in [0.25, 0.3) is 0 Å². The maximum atomic E-state index is 12.7. The number of fused-ring (bicyclic) bond motifs is 1. The third kappa shape index (κ3) is 1.26. The quantitative estimate of drug-likeness (QED) is 0.733. The molecule has 2 heterocycles. The summed E-state index contributed by atoms with van der Waals surface area (Å²) in [5, 5.41) is 0.511. The van der Waals surface area contributed by atoms with Crippen LogP contribution in [0.2, 0.25) is 0 Å². The molecule has 2 aromatic heterocycles. The second-order valence-electron chi connectivity index (χ2n) is 2.65. The molecule has 2 aromatic rings. The Morgan fingerprint density at radius 1 is 1.71 bits per heavy atom. The zero-order valence-electron chi connectivity index (χ0n) is 7.12. The van der Waals surface area contributed by atoms with Crippen molar-refractivity contribution in [2.45, 2.75) is 0 Å². The SMILES string of the molecule is C=CNn1cc2cc(F)[nH]c2nc1=O. The Hall–Kier alpha value is -2.11. The predicted octanol–water partition coefficient (Wildman–Crippen LogP) is 0.551. The molecule has 2 rings (SSSR count). The fourth-order valence-corrected chi connectivity index (χ4v) is 1.15. The summed E-state index contributed by atoms with van der Waals surface area (Å²) < 4.78 is 13.8. The van der Waals surface area contributed by atoms with Crippen molar-refractivity contribution in [2.75, 3.05) is 5.43 Å². The Morgan fingerprint density at radius 2 is 2.50 bits per heavy atom. The van der Waals surface area contributed by atoms with E-state index in [1.165, 1.54) is 18.5 Å². The van der Waals surface area contributed by atoms with Gasteiger partial charge in [-0.05, 0) is 0 Å². The minimum absolute atomic E-state index is 0.231. The number of nitrogens with one attached hydrogen (secondary N) is 2. The molecule has 0 saturated carbocycles. The van der Waals surface area contributed by atoms with Gasteiger partial charge in [-0.2, -0.15) is 9.37 Å². The van der Waals surface area contributed by atoms with Crippen molar-refractivity contribution >= 4 is 11.0 Å². The van der Waals surface area contributed by atoms with Crippen LogP contribution < -0.4 is 11.1 Å². The summed E-state index contributed by atoms with van der Waals surface area (Å²) in [5.74, 6) is -0.525. The highest BCUT2D eigenvalue weighted by Crippen LogP contribution is 2.08. The molecule has 0 spiro atoms. The third-order valence-corrected chi connectivity index (χ3v) is 1.71. The van der Waals surface area contributed by atoms with E-state index in [-0.39, 0.29) is 5.65 Å². The largest absolute Gasteiger partial charge is 0.368 e. The first-order valence-corrected chi connectivity index (χ1v) is 3.86. The highest BCUT2D eigenvalue weighted by Gasteiger charge is 2.04. The molecule has 0 amide bonds. The zero-order valence-corrected chi connectivity index (χ0v) is 7.12. The lowest BCUT2D eigenvalue weighted by Crippen LogP contribution is -2.27. The fourth-order valence-electron chi connectivity index (χ4n) is 1.15. The maximum absolute atomic E-state index is 12.7. The lowest BCUT2D eigenvalue weighted by Gasteiger charge is -2.01. The molecule has 0 unspecified atom stereocenters. The highest BCUT2D eigenvalue weighted by molar-refractivity contribution is 5.74. The molecule has 0 radical (unpaired) electrons. The number of hydrogen-bond acceptors (Lipinski definition) is 3. The van der Waals surface area contributed by atoms with Crippen molar-refractivity contribution in [3.63, 3.8) is 0 Å². The molecule has 0 bridgehead atoms. The Balaban J connectivity index is 2.69. The molecule has 0 aliphatic heterocycles. The molecule has 6 heteroatoms. The molecule has 0 aromatic carbocycles. The van der Waals surface area contributed by atoms with Gasteiger partial charge >= 0.3 is 5.69 Å². The Morgan fingerprint density at radius 3 is 3.21 bits per heavy atom. The summed E-state index contributed by atoms with van der Waals surface area (Å²) in [5.41, 5.74) is 2.25. The average Bonchev–Trinajstić information content (AvgIpc) is 2.45. The van der Waals surface area contributed by atoms with Crippen LogP contribution in [0.4, 0.5) is 4.39 Å². The highest BCUT2D eigenvalue weighted by atomic mass is 19.1.